The average molecular weight is 494 g/mol. The van der Waals surface area contributed by atoms with Crippen molar-refractivity contribution in [1.82, 2.24) is 0 Å². The molecule has 11 heteroatoms. The van der Waals surface area contributed by atoms with Gasteiger partial charge in [0, 0.05) is 10.9 Å². The lowest BCUT2D eigenvalue weighted by Gasteiger charge is -2.12. The van der Waals surface area contributed by atoms with E-state index in [2.05, 4.69) is 5.32 Å². The van der Waals surface area contributed by atoms with Gasteiger partial charge >= 0.3 is 11.9 Å². The highest BCUT2D eigenvalue weighted by Crippen LogP contribution is 2.37. The molecule has 1 N–H and O–H groups in total. The lowest BCUT2D eigenvalue weighted by atomic mass is 10.1. The van der Waals surface area contributed by atoms with E-state index in [-0.39, 0.29) is 39.3 Å². The van der Waals surface area contributed by atoms with Gasteiger partial charge in [0.05, 0.1) is 37.7 Å². The SMILES string of the molecule is CCOC(=O)c1c(-c2ccco2)csc1NC(=O)COC(=O)c1cc(Cl)c(OC)c(OC)c1. The van der Waals surface area contributed by atoms with Crippen molar-refractivity contribution in [3.63, 3.8) is 0 Å². The number of hydrogen-bond acceptors (Lipinski definition) is 9. The monoisotopic (exact) mass is 493 g/mol. The van der Waals surface area contributed by atoms with Gasteiger partial charge in [-0.1, -0.05) is 11.6 Å². The first-order valence-corrected chi connectivity index (χ1v) is 10.9. The van der Waals surface area contributed by atoms with E-state index in [1.165, 1.54) is 32.6 Å². The number of esters is 2. The highest BCUT2D eigenvalue weighted by molar-refractivity contribution is 7.15. The first kappa shape index (κ1) is 24.1. The highest BCUT2D eigenvalue weighted by Gasteiger charge is 2.24. The van der Waals surface area contributed by atoms with Crippen molar-refractivity contribution >= 4 is 45.8 Å². The van der Waals surface area contributed by atoms with Crippen LogP contribution < -0.4 is 14.8 Å². The molecule has 0 fully saturated rings. The molecule has 0 aliphatic heterocycles. The maximum Gasteiger partial charge on any atom is 0.341 e. The second kappa shape index (κ2) is 10.9. The van der Waals surface area contributed by atoms with Crippen LogP contribution in [0.25, 0.3) is 11.3 Å². The van der Waals surface area contributed by atoms with Gasteiger partial charge in [0.15, 0.2) is 18.1 Å². The minimum Gasteiger partial charge on any atom is -0.493 e. The van der Waals surface area contributed by atoms with Crippen molar-refractivity contribution in [2.24, 2.45) is 0 Å². The molecule has 0 unspecified atom stereocenters. The minimum atomic E-state index is -0.791. The quantitative estimate of drug-likeness (QED) is 0.428. The van der Waals surface area contributed by atoms with Gasteiger partial charge in [-0.05, 0) is 31.2 Å². The molecule has 0 aliphatic carbocycles. The number of carbonyl (C=O) groups is 3. The van der Waals surface area contributed by atoms with Gasteiger partial charge in [0.2, 0.25) is 0 Å². The molecule has 9 nitrogen and oxygen atoms in total. The summed E-state index contributed by atoms with van der Waals surface area (Å²) in [4.78, 5) is 37.3. The molecule has 0 saturated carbocycles. The lowest BCUT2D eigenvalue weighted by Crippen LogP contribution is -2.21. The predicted octanol–water partition coefficient (Wildman–Crippen LogP) is 4.65. The molecule has 0 bridgehead atoms. The first-order chi connectivity index (χ1) is 15.9. The number of benzene rings is 1. The van der Waals surface area contributed by atoms with Crippen molar-refractivity contribution in [2.75, 3.05) is 32.8 Å². The second-order valence-corrected chi connectivity index (χ2v) is 7.66. The average Bonchev–Trinajstić information content (AvgIpc) is 3.47. The van der Waals surface area contributed by atoms with E-state index in [1.807, 2.05) is 0 Å². The molecule has 0 aliphatic rings. The van der Waals surface area contributed by atoms with Gasteiger partial charge in [-0.25, -0.2) is 9.59 Å². The topological polar surface area (TPSA) is 113 Å². The third-order valence-electron chi connectivity index (χ3n) is 4.31. The van der Waals surface area contributed by atoms with Gasteiger partial charge < -0.3 is 28.7 Å². The van der Waals surface area contributed by atoms with Crippen LogP contribution in [0, 0.1) is 0 Å². The van der Waals surface area contributed by atoms with Crippen molar-refractivity contribution in [1.29, 1.82) is 0 Å². The van der Waals surface area contributed by atoms with Crippen LogP contribution in [0.3, 0.4) is 0 Å². The number of halogens is 1. The summed E-state index contributed by atoms with van der Waals surface area (Å²) in [5, 5.41) is 4.64. The molecule has 0 atom stereocenters. The van der Waals surface area contributed by atoms with Crippen molar-refractivity contribution in [2.45, 2.75) is 6.92 Å². The fourth-order valence-electron chi connectivity index (χ4n) is 2.88. The van der Waals surface area contributed by atoms with E-state index in [9.17, 15) is 14.4 Å². The minimum absolute atomic E-state index is 0.0777. The number of ether oxygens (including phenoxy) is 4. The molecule has 1 amide bonds. The van der Waals surface area contributed by atoms with Gasteiger partial charge in [0.25, 0.3) is 5.91 Å². The van der Waals surface area contributed by atoms with Crippen LogP contribution in [0.1, 0.15) is 27.6 Å². The van der Waals surface area contributed by atoms with Gasteiger partial charge in [0.1, 0.15) is 16.3 Å². The molecule has 0 spiro atoms. The van der Waals surface area contributed by atoms with Gasteiger partial charge in [-0.2, -0.15) is 0 Å². The van der Waals surface area contributed by atoms with Crippen LogP contribution in [0.5, 0.6) is 11.5 Å². The zero-order chi connectivity index (χ0) is 24.0. The van der Waals surface area contributed by atoms with Crippen molar-refractivity contribution < 1.29 is 37.7 Å². The summed E-state index contributed by atoms with van der Waals surface area (Å²) in [6.07, 6.45) is 1.47. The standard InChI is InChI=1S/C22H20ClNO8S/c1-4-30-22(27)18-13(15-6-5-7-31-15)11-33-20(18)24-17(25)10-32-21(26)12-8-14(23)19(29-3)16(9-12)28-2/h5-9,11H,4,10H2,1-3H3,(H,24,25). The normalized spacial score (nSPS) is 10.4. The van der Waals surface area contributed by atoms with Gasteiger partial charge in [-0.15, -0.1) is 11.3 Å². The number of methoxy groups -OCH3 is 2. The third kappa shape index (κ3) is 5.47. The number of carbonyl (C=O) groups excluding carboxylic acids is 3. The van der Waals surface area contributed by atoms with Crippen LogP contribution in [-0.4, -0.2) is 45.3 Å². The number of amides is 1. The Morgan fingerprint density at radius 3 is 2.55 bits per heavy atom. The Kier molecular flexibility index (Phi) is 7.96. The second-order valence-electron chi connectivity index (χ2n) is 6.37. The molecule has 2 heterocycles. The summed E-state index contributed by atoms with van der Waals surface area (Å²) in [6, 6.07) is 6.10. The zero-order valence-electron chi connectivity index (χ0n) is 17.9. The molecule has 174 valence electrons. The maximum absolute atomic E-state index is 12.5. The number of nitrogens with one attached hydrogen (secondary N) is 1. The van der Waals surface area contributed by atoms with Crippen LogP contribution in [0.4, 0.5) is 5.00 Å². The summed E-state index contributed by atoms with van der Waals surface area (Å²) < 4.78 is 25.8. The Bertz CT molecular complexity index is 1160. The Balaban J connectivity index is 1.72. The summed E-state index contributed by atoms with van der Waals surface area (Å²) in [7, 11) is 2.81. The Hall–Kier alpha value is -3.50. The molecule has 1 aromatic carbocycles. The smallest absolute Gasteiger partial charge is 0.341 e. The summed E-state index contributed by atoms with van der Waals surface area (Å²) in [5.41, 5.74) is 0.716. The highest BCUT2D eigenvalue weighted by atomic mass is 35.5. The number of anilines is 1. The lowest BCUT2D eigenvalue weighted by molar-refractivity contribution is -0.119. The molecular weight excluding hydrogens is 474 g/mol. The number of rotatable bonds is 9. The molecule has 0 saturated heterocycles. The first-order valence-electron chi connectivity index (χ1n) is 9.60. The van der Waals surface area contributed by atoms with E-state index in [1.54, 1.807) is 24.4 Å². The van der Waals surface area contributed by atoms with E-state index in [0.717, 1.165) is 11.3 Å². The third-order valence-corrected chi connectivity index (χ3v) is 5.49. The number of furan rings is 1. The Morgan fingerprint density at radius 1 is 1.12 bits per heavy atom. The van der Waals surface area contributed by atoms with Gasteiger partial charge in [-0.3, -0.25) is 4.79 Å². The zero-order valence-corrected chi connectivity index (χ0v) is 19.5. The van der Waals surface area contributed by atoms with Crippen LogP contribution in [0.2, 0.25) is 5.02 Å². The van der Waals surface area contributed by atoms with Crippen molar-refractivity contribution in [3.8, 4) is 22.8 Å². The summed E-state index contributed by atoms with van der Waals surface area (Å²) in [6.45, 7) is 1.24. The van der Waals surface area contributed by atoms with E-state index < -0.39 is 24.5 Å². The number of hydrogen-bond donors (Lipinski definition) is 1. The Morgan fingerprint density at radius 2 is 1.91 bits per heavy atom. The largest absolute Gasteiger partial charge is 0.493 e. The fraction of sp³-hybridized carbons (Fsp3) is 0.227. The molecule has 0 radical (unpaired) electrons. The molecule has 3 rings (SSSR count). The molecular formula is C22H20ClNO8S. The molecule has 3 aromatic rings. The number of thiophene rings is 1. The van der Waals surface area contributed by atoms with Crippen molar-refractivity contribution in [3.05, 3.63) is 52.1 Å². The maximum atomic E-state index is 12.5. The summed E-state index contributed by atoms with van der Waals surface area (Å²) in [5.74, 6) is -1.09. The molecule has 2 aromatic heterocycles. The van der Waals surface area contributed by atoms with E-state index in [0.29, 0.717) is 11.3 Å². The fourth-order valence-corrected chi connectivity index (χ4v) is 4.12. The predicted molar refractivity (Wildman–Crippen MR) is 121 cm³/mol. The van der Waals surface area contributed by atoms with Crippen LogP contribution in [0.15, 0.2) is 40.3 Å². The van der Waals surface area contributed by atoms with Crippen LogP contribution in [-0.2, 0) is 14.3 Å². The van der Waals surface area contributed by atoms with E-state index >= 15 is 0 Å². The summed E-state index contributed by atoms with van der Waals surface area (Å²) >= 11 is 7.22. The van der Waals surface area contributed by atoms with E-state index in [4.69, 9.17) is 35.0 Å². The Labute approximate surface area is 198 Å². The molecule has 33 heavy (non-hydrogen) atoms. The van der Waals surface area contributed by atoms with Crippen LogP contribution >= 0.6 is 22.9 Å².